The second-order valence-corrected chi connectivity index (χ2v) is 6.20. The normalized spacial score (nSPS) is 10.6. The Balaban J connectivity index is 1.86. The van der Waals surface area contributed by atoms with Gasteiger partial charge < -0.3 is 5.32 Å². The van der Waals surface area contributed by atoms with E-state index in [9.17, 15) is 4.79 Å². The monoisotopic (exact) mass is 390 g/mol. The largest absolute Gasteiger partial charge is 0.306 e. The Labute approximate surface area is 146 Å². The summed E-state index contributed by atoms with van der Waals surface area (Å²) in [6.07, 6.45) is 3.02. The number of anilines is 1. The van der Waals surface area contributed by atoms with Gasteiger partial charge in [-0.3, -0.25) is 4.79 Å². The average Bonchev–Trinajstić information content (AvgIpc) is 2.91. The fourth-order valence-corrected chi connectivity index (χ4v) is 2.63. The van der Waals surface area contributed by atoms with Gasteiger partial charge in [-0.15, -0.1) is 0 Å². The molecule has 7 heteroatoms. The Morgan fingerprint density at radius 3 is 2.78 bits per heavy atom. The summed E-state index contributed by atoms with van der Waals surface area (Å²) in [4.78, 5) is 16.4. The summed E-state index contributed by atoms with van der Waals surface area (Å²) in [5.41, 5.74) is 2.11. The number of pyridine rings is 1. The number of hydrogen-bond acceptors (Lipinski definition) is 3. The fourth-order valence-electron chi connectivity index (χ4n) is 2.13. The molecule has 0 radical (unpaired) electrons. The van der Waals surface area contributed by atoms with Crippen LogP contribution < -0.4 is 5.32 Å². The number of benzene rings is 1. The molecule has 0 bridgehead atoms. The van der Waals surface area contributed by atoms with Crippen LogP contribution in [0.5, 0.6) is 0 Å². The van der Waals surface area contributed by atoms with Gasteiger partial charge in [0, 0.05) is 10.7 Å². The van der Waals surface area contributed by atoms with Gasteiger partial charge >= 0.3 is 0 Å². The Bertz CT molecular complexity index is 861. The lowest BCUT2D eigenvalue weighted by Gasteiger charge is -2.06. The first-order valence-corrected chi connectivity index (χ1v) is 7.95. The van der Waals surface area contributed by atoms with Gasteiger partial charge in [0.25, 0.3) is 5.91 Å². The van der Waals surface area contributed by atoms with Crippen LogP contribution in [0.15, 0.2) is 53.3 Å². The zero-order valence-corrected chi connectivity index (χ0v) is 14.5. The van der Waals surface area contributed by atoms with E-state index in [1.54, 1.807) is 23.0 Å². The molecular weight excluding hydrogens is 380 g/mol. The van der Waals surface area contributed by atoms with Crippen LogP contribution in [0.1, 0.15) is 16.1 Å². The molecule has 3 aromatic rings. The zero-order chi connectivity index (χ0) is 16.4. The van der Waals surface area contributed by atoms with Crippen molar-refractivity contribution < 1.29 is 4.79 Å². The van der Waals surface area contributed by atoms with Crippen molar-refractivity contribution in [3.63, 3.8) is 0 Å². The maximum Gasteiger partial charge on any atom is 0.260 e. The minimum absolute atomic E-state index is 0.265. The summed E-state index contributed by atoms with van der Waals surface area (Å²) in [5, 5.41) is 7.54. The van der Waals surface area contributed by atoms with Crippen molar-refractivity contribution >= 4 is 39.3 Å². The van der Waals surface area contributed by atoms with Gasteiger partial charge in [-0.2, -0.15) is 5.10 Å². The summed E-state index contributed by atoms with van der Waals surface area (Å²) in [6, 6.07) is 11.0. The van der Waals surface area contributed by atoms with Crippen LogP contribution in [0.25, 0.3) is 5.69 Å². The lowest BCUT2D eigenvalue weighted by molar-refractivity contribution is 0.102. The third-order valence-electron chi connectivity index (χ3n) is 3.28. The van der Waals surface area contributed by atoms with Gasteiger partial charge in [0.05, 0.1) is 28.2 Å². The van der Waals surface area contributed by atoms with E-state index in [4.69, 9.17) is 11.6 Å². The van der Waals surface area contributed by atoms with Crippen LogP contribution in [-0.2, 0) is 0 Å². The minimum Gasteiger partial charge on any atom is -0.306 e. The lowest BCUT2D eigenvalue weighted by atomic mass is 10.2. The summed E-state index contributed by atoms with van der Waals surface area (Å²) in [5.74, 6) is 0.174. The molecular formula is C16H12BrClN4O. The summed E-state index contributed by atoms with van der Waals surface area (Å²) >= 11 is 9.21. The van der Waals surface area contributed by atoms with E-state index in [0.29, 0.717) is 16.4 Å². The molecule has 0 saturated carbocycles. The second-order valence-electron chi connectivity index (χ2n) is 4.85. The highest BCUT2D eigenvalue weighted by Crippen LogP contribution is 2.19. The third kappa shape index (κ3) is 3.43. The molecule has 2 heterocycles. The first-order valence-electron chi connectivity index (χ1n) is 6.78. The summed E-state index contributed by atoms with van der Waals surface area (Å²) < 4.78 is 2.66. The van der Waals surface area contributed by atoms with E-state index >= 15 is 0 Å². The molecule has 0 aliphatic carbocycles. The minimum atomic E-state index is -0.265. The van der Waals surface area contributed by atoms with Crippen LogP contribution >= 0.6 is 27.5 Å². The maximum absolute atomic E-state index is 12.4. The molecule has 1 aromatic carbocycles. The van der Waals surface area contributed by atoms with Crippen LogP contribution in [0, 0.1) is 6.92 Å². The predicted molar refractivity (Wildman–Crippen MR) is 93.2 cm³/mol. The van der Waals surface area contributed by atoms with Gasteiger partial charge in [-0.1, -0.05) is 33.6 Å². The number of carbonyl (C=O) groups excluding carboxylic acids is 1. The highest BCUT2D eigenvalue weighted by molar-refractivity contribution is 9.10. The number of nitrogens with one attached hydrogen (secondary N) is 1. The number of carbonyl (C=O) groups is 1. The number of amides is 1. The molecule has 0 atom stereocenters. The fraction of sp³-hybridized carbons (Fsp3) is 0.0625. The lowest BCUT2D eigenvalue weighted by Crippen LogP contribution is -2.14. The van der Waals surface area contributed by atoms with E-state index in [1.165, 1.54) is 6.20 Å². The van der Waals surface area contributed by atoms with Gasteiger partial charge in [-0.25, -0.2) is 9.67 Å². The maximum atomic E-state index is 12.4. The van der Waals surface area contributed by atoms with Crippen LogP contribution in [0.4, 0.5) is 5.82 Å². The van der Waals surface area contributed by atoms with Gasteiger partial charge in [0.15, 0.2) is 0 Å². The van der Waals surface area contributed by atoms with E-state index < -0.39 is 0 Å². The van der Waals surface area contributed by atoms with Gasteiger partial charge in [0.2, 0.25) is 0 Å². The Kier molecular flexibility index (Phi) is 4.45. The molecule has 0 spiro atoms. The molecule has 0 saturated heterocycles. The Hall–Kier alpha value is -2.18. The standard InChI is InChI=1S/C16H12BrClN4O/c1-10-14(16(23)21-15-6-5-12(18)8-19-15)9-20-22(10)13-4-2-3-11(17)7-13/h2-9H,1H3,(H,19,21,23). The molecule has 0 aliphatic heterocycles. The molecule has 23 heavy (non-hydrogen) atoms. The molecule has 0 aliphatic rings. The summed E-state index contributed by atoms with van der Waals surface area (Å²) in [6.45, 7) is 1.85. The predicted octanol–water partition coefficient (Wildman–Crippen LogP) is 4.24. The number of hydrogen-bond donors (Lipinski definition) is 1. The molecule has 116 valence electrons. The highest BCUT2D eigenvalue weighted by Gasteiger charge is 2.15. The SMILES string of the molecule is Cc1c(C(=O)Nc2ccc(Cl)cn2)cnn1-c1cccc(Br)c1. The van der Waals surface area contributed by atoms with Crippen molar-refractivity contribution in [2.75, 3.05) is 5.32 Å². The molecule has 5 nitrogen and oxygen atoms in total. The zero-order valence-electron chi connectivity index (χ0n) is 12.1. The highest BCUT2D eigenvalue weighted by atomic mass is 79.9. The van der Waals surface area contributed by atoms with E-state index in [2.05, 4.69) is 31.3 Å². The van der Waals surface area contributed by atoms with Crippen molar-refractivity contribution in [2.45, 2.75) is 6.92 Å². The number of aromatic nitrogens is 3. The van der Waals surface area contributed by atoms with Crippen LogP contribution in [-0.4, -0.2) is 20.7 Å². The first kappa shape index (κ1) is 15.7. The molecule has 0 fully saturated rings. The number of rotatable bonds is 3. The molecule has 0 unspecified atom stereocenters. The summed E-state index contributed by atoms with van der Waals surface area (Å²) in [7, 11) is 0. The quantitative estimate of drug-likeness (QED) is 0.726. The number of nitrogens with zero attached hydrogens (tertiary/aromatic N) is 3. The second kappa shape index (κ2) is 6.52. The van der Waals surface area contributed by atoms with Crippen LogP contribution in [0.2, 0.25) is 5.02 Å². The van der Waals surface area contributed by atoms with Crippen molar-refractivity contribution in [2.24, 2.45) is 0 Å². The topological polar surface area (TPSA) is 59.8 Å². The molecule has 1 amide bonds. The van der Waals surface area contributed by atoms with Crippen molar-refractivity contribution in [3.05, 3.63) is 69.5 Å². The van der Waals surface area contributed by atoms with Gasteiger partial charge in [-0.05, 0) is 37.3 Å². The Morgan fingerprint density at radius 2 is 2.09 bits per heavy atom. The number of halogens is 2. The first-order chi connectivity index (χ1) is 11.0. The van der Waals surface area contributed by atoms with E-state index in [0.717, 1.165) is 15.9 Å². The van der Waals surface area contributed by atoms with Crippen molar-refractivity contribution in [1.82, 2.24) is 14.8 Å². The Morgan fingerprint density at radius 1 is 1.26 bits per heavy atom. The van der Waals surface area contributed by atoms with Crippen molar-refractivity contribution in [3.8, 4) is 5.69 Å². The van der Waals surface area contributed by atoms with Gasteiger partial charge in [0.1, 0.15) is 5.82 Å². The smallest absolute Gasteiger partial charge is 0.260 e. The van der Waals surface area contributed by atoms with E-state index in [1.807, 2.05) is 31.2 Å². The van der Waals surface area contributed by atoms with E-state index in [-0.39, 0.29) is 5.91 Å². The molecule has 3 rings (SSSR count). The molecule has 2 aromatic heterocycles. The average molecular weight is 392 g/mol. The molecule has 1 N–H and O–H groups in total. The van der Waals surface area contributed by atoms with Crippen molar-refractivity contribution in [1.29, 1.82) is 0 Å². The van der Waals surface area contributed by atoms with Crippen LogP contribution in [0.3, 0.4) is 0 Å². The third-order valence-corrected chi connectivity index (χ3v) is 3.99.